The van der Waals surface area contributed by atoms with E-state index in [1.165, 1.54) is 25.7 Å². The van der Waals surface area contributed by atoms with Crippen molar-refractivity contribution < 1.29 is 0 Å². The number of hydrogen-bond donors (Lipinski definition) is 0. The van der Waals surface area contributed by atoms with Gasteiger partial charge in [-0.25, -0.2) is 0 Å². The maximum Gasteiger partial charge on any atom is -0.0211 e. The molecule has 72 valence electrons. The van der Waals surface area contributed by atoms with Crippen molar-refractivity contribution in [3.63, 3.8) is 0 Å². The van der Waals surface area contributed by atoms with Crippen molar-refractivity contribution in [1.82, 2.24) is 0 Å². The number of unbranched alkanes of at least 4 members (excludes halogenated alkanes) is 1. The molecule has 0 amide bonds. The molecule has 0 radical (unpaired) electrons. The van der Waals surface area contributed by atoms with Crippen molar-refractivity contribution in [1.29, 1.82) is 0 Å². The first kappa shape index (κ1) is 11.7. The second kappa shape index (κ2) is 5.40. The molecule has 0 saturated carbocycles. The molecule has 0 rings (SSSR count). The van der Waals surface area contributed by atoms with Crippen molar-refractivity contribution in [3.8, 4) is 0 Å². The Hall–Kier alpha value is -0.260. The Morgan fingerprint density at radius 2 is 2.00 bits per heavy atom. The first-order chi connectivity index (χ1) is 5.60. The monoisotopic (exact) mass is 168 g/mol. The minimum atomic E-state index is 0.484. The maximum atomic E-state index is 3.88. The topological polar surface area (TPSA) is 0 Å². The summed E-state index contributed by atoms with van der Waals surface area (Å²) in [5.74, 6) is 0.647. The SMILES string of the molecule is C=CC(C)C(C)(CC)CCCC. The van der Waals surface area contributed by atoms with Crippen molar-refractivity contribution in [2.45, 2.75) is 53.4 Å². The Morgan fingerprint density at radius 1 is 1.42 bits per heavy atom. The third-order valence-corrected chi connectivity index (χ3v) is 3.36. The molecule has 0 aromatic heterocycles. The predicted octanol–water partition coefficient (Wildman–Crippen LogP) is 4.42. The Balaban J connectivity index is 4.12. The molecule has 0 saturated heterocycles. The Labute approximate surface area is 78.1 Å². The lowest BCUT2D eigenvalue weighted by atomic mass is 9.72. The van der Waals surface area contributed by atoms with E-state index in [0.29, 0.717) is 11.3 Å². The molecule has 0 bridgehead atoms. The van der Waals surface area contributed by atoms with Crippen LogP contribution in [0.1, 0.15) is 53.4 Å². The van der Waals surface area contributed by atoms with Gasteiger partial charge in [0.15, 0.2) is 0 Å². The van der Waals surface area contributed by atoms with E-state index in [1.807, 2.05) is 0 Å². The van der Waals surface area contributed by atoms with Gasteiger partial charge in [-0.2, -0.15) is 0 Å². The quantitative estimate of drug-likeness (QED) is 0.515. The maximum absolute atomic E-state index is 3.88. The van der Waals surface area contributed by atoms with Crippen LogP contribution in [0, 0.1) is 11.3 Å². The molecule has 0 aromatic carbocycles. The van der Waals surface area contributed by atoms with E-state index in [1.54, 1.807) is 0 Å². The normalized spacial score (nSPS) is 18.3. The fraction of sp³-hybridized carbons (Fsp3) is 0.833. The van der Waals surface area contributed by atoms with Crippen LogP contribution < -0.4 is 0 Å². The first-order valence-corrected chi connectivity index (χ1v) is 5.23. The Morgan fingerprint density at radius 3 is 2.33 bits per heavy atom. The van der Waals surface area contributed by atoms with Gasteiger partial charge in [0.25, 0.3) is 0 Å². The molecule has 0 aliphatic rings. The molecular formula is C12H24. The third kappa shape index (κ3) is 3.00. The number of rotatable bonds is 6. The van der Waals surface area contributed by atoms with E-state index < -0.39 is 0 Å². The van der Waals surface area contributed by atoms with Crippen molar-refractivity contribution in [2.24, 2.45) is 11.3 Å². The molecule has 0 aromatic rings. The van der Waals surface area contributed by atoms with E-state index in [9.17, 15) is 0 Å². The van der Waals surface area contributed by atoms with Crippen LogP contribution in [-0.2, 0) is 0 Å². The predicted molar refractivity (Wildman–Crippen MR) is 57.3 cm³/mol. The molecular weight excluding hydrogens is 144 g/mol. The lowest BCUT2D eigenvalue weighted by molar-refractivity contribution is 0.207. The summed E-state index contributed by atoms with van der Waals surface area (Å²) in [5, 5.41) is 0. The molecule has 12 heavy (non-hydrogen) atoms. The van der Waals surface area contributed by atoms with E-state index in [4.69, 9.17) is 0 Å². The summed E-state index contributed by atoms with van der Waals surface area (Å²) in [5.41, 5.74) is 0.484. The van der Waals surface area contributed by atoms with Crippen LogP contribution in [0.2, 0.25) is 0 Å². The van der Waals surface area contributed by atoms with Gasteiger partial charge in [-0.3, -0.25) is 0 Å². The minimum absolute atomic E-state index is 0.484. The lowest BCUT2D eigenvalue weighted by Gasteiger charge is -2.33. The molecule has 0 heterocycles. The third-order valence-electron chi connectivity index (χ3n) is 3.36. The van der Waals surface area contributed by atoms with Crippen LogP contribution in [0.15, 0.2) is 12.7 Å². The van der Waals surface area contributed by atoms with Crippen LogP contribution >= 0.6 is 0 Å². The summed E-state index contributed by atoms with van der Waals surface area (Å²) < 4.78 is 0. The first-order valence-electron chi connectivity index (χ1n) is 5.23. The van der Waals surface area contributed by atoms with Gasteiger partial charge in [0.2, 0.25) is 0 Å². The standard InChI is InChI=1S/C12H24/c1-6-9-10-12(5,8-3)11(4)7-2/h7,11H,2,6,8-10H2,1,3-5H3. The molecule has 0 fully saturated rings. The molecule has 0 spiro atoms. The molecule has 2 atom stereocenters. The van der Waals surface area contributed by atoms with E-state index >= 15 is 0 Å². The highest BCUT2D eigenvalue weighted by molar-refractivity contribution is 4.89. The highest BCUT2D eigenvalue weighted by atomic mass is 14.3. The van der Waals surface area contributed by atoms with Gasteiger partial charge in [0, 0.05) is 0 Å². The van der Waals surface area contributed by atoms with Crippen molar-refractivity contribution >= 4 is 0 Å². The molecule has 0 nitrogen and oxygen atoms in total. The largest absolute Gasteiger partial charge is 0.103 e. The summed E-state index contributed by atoms with van der Waals surface area (Å²) in [6.07, 6.45) is 7.36. The highest BCUT2D eigenvalue weighted by Crippen LogP contribution is 2.36. The average Bonchev–Trinajstić information content (AvgIpc) is 2.12. The van der Waals surface area contributed by atoms with E-state index in [-0.39, 0.29) is 0 Å². The smallest absolute Gasteiger partial charge is 0.0211 e. The van der Waals surface area contributed by atoms with Gasteiger partial charge in [-0.15, -0.1) is 6.58 Å². The fourth-order valence-corrected chi connectivity index (χ4v) is 1.59. The summed E-state index contributed by atoms with van der Waals surface area (Å²) in [4.78, 5) is 0. The zero-order valence-corrected chi connectivity index (χ0v) is 9.19. The Kier molecular flexibility index (Phi) is 5.28. The molecule has 0 aliphatic heterocycles. The van der Waals surface area contributed by atoms with Gasteiger partial charge in [-0.05, 0) is 17.8 Å². The zero-order chi connectivity index (χ0) is 9.61. The van der Waals surface area contributed by atoms with Crippen LogP contribution in [-0.4, -0.2) is 0 Å². The van der Waals surface area contributed by atoms with Gasteiger partial charge in [-0.1, -0.05) is 53.0 Å². The Bertz CT molecular complexity index is 126. The van der Waals surface area contributed by atoms with Crippen molar-refractivity contribution in [2.75, 3.05) is 0 Å². The molecule has 0 aliphatic carbocycles. The van der Waals surface area contributed by atoms with Gasteiger partial charge < -0.3 is 0 Å². The van der Waals surface area contributed by atoms with Gasteiger partial charge in [0.05, 0.1) is 0 Å². The van der Waals surface area contributed by atoms with Gasteiger partial charge >= 0.3 is 0 Å². The zero-order valence-electron chi connectivity index (χ0n) is 9.19. The molecule has 0 heteroatoms. The molecule has 0 N–H and O–H groups in total. The van der Waals surface area contributed by atoms with Crippen LogP contribution in [0.5, 0.6) is 0 Å². The van der Waals surface area contributed by atoms with Crippen LogP contribution in [0.4, 0.5) is 0 Å². The molecule has 2 unspecified atom stereocenters. The lowest BCUT2D eigenvalue weighted by Crippen LogP contribution is -2.22. The minimum Gasteiger partial charge on any atom is -0.103 e. The van der Waals surface area contributed by atoms with Crippen molar-refractivity contribution in [3.05, 3.63) is 12.7 Å². The highest BCUT2D eigenvalue weighted by Gasteiger charge is 2.26. The number of hydrogen-bond acceptors (Lipinski definition) is 0. The van der Waals surface area contributed by atoms with Crippen LogP contribution in [0.25, 0.3) is 0 Å². The number of allylic oxidation sites excluding steroid dienone is 1. The summed E-state index contributed by atoms with van der Waals surface area (Å²) in [7, 11) is 0. The van der Waals surface area contributed by atoms with E-state index in [0.717, 1.165) is 0 Å². The fourth-order valence-electron chi connectivity index (χ4n) is 1.59. The summed E-state index contributed by atoms with van der Waals surface area (Å²) >= 11 is 0. The van der Waals surface area contributed by atoms with E-state index in [2.05, 4.69) is 40.3 Å². The summed E-state index contributed by atoms with van der Waals surface area (Å²) in [6.45, 7) is 13.1. The second-order valence-electron chi connectivity index (χ2n) is 4.14. The van der Waals surface area contributed by atoms with Gasteiger partial charge in [0.1, 0.15) is 0 Å². The van der Waals surface area contributed by atoms with Crippen LogP contribution in [0.3, 0.4) is 0 Å². The summed E-state index contributed by atoms with van der Waals surface area (Å²) in [6, 6.07) is 0. The second-order valence-corrected chi connectivity index (χ2v) is 4.14. The average molecular weight is 168 g/mol.